The Morgan fingerprint density at radius 3 is 2.37 bits per heavy atom. The van der Waals surface area contributed by atoms with Gasteiger partial charge in [-0.1, -0.05) is 29.8 Å². The van der Waals surface area contributed by atoms with Crippen LogP contribution in [-0.2, 0) is 17.9 Å². The molecule has 0 amide bonds. The van der Waals surface area contributed by atoms with Crippen molar-refractivity contribution >= 4 is 11.8 Å². The topological polar surface area (TPSA) is 70.4 Å². The zero-order chi connectivity index (χ0) is 21.8. The Kier molecular flexibility index (Phi) is 6.35. The van der Waals surface area contributed by atoms with Crippen molar-refractivity contribution in [1.82, 2.24) is 9.78 Å². The van der Waals surface area contributed by atoms with Crippen molar-refractivity contribution in [3.05, 3.63) is 81.7 Å². The van der Waals surface area contributed by atoms with Gasteiger partial charge >= 0.3 is 5.97 Å². The van der Waals surface area contributed by atoms with Gasteiger partial charge in [0.2, 0.25) is 0 Å². The number of ketones is 1. The van der Waals surface area contributed by atoms with Crippen LogP contribution in [0.25, 0.3) is 0 Å². The first-order valence-corrected chi connectivity index (χ1v) is 9.74. The Labute approximate surface area is 176 Å². The summed E-state index contributed by atoms with van der Waals surface area (Å²) in [6, 6.07) is 13.3. The minimum absolute atomic E-state index is 0.00511. The molecule has 156 valence electrons. The molecule has 0 fully saturated rings. The van der Waals surface area contributed by atoms with Gasteiger partial charge in [-0.05, 0) is 51.5 Å². The van der Waals surface area contributed by atoms with Crippen molar-refractivity contribution in [1.29, 1.82) is 0 Å². The SMILES string of the molecule is COc1ccc(C(C)=O)cc1COC(=O)c1c(C)nn(Cc2ccc(C)cc2)c1C. The molecular weight excluding hydrogens is 380 g/mol. The number of Topliss-reactive ketones (excluding diaryl/α,β-unsaturated/α-hetero) is 1. The summed E-state index contributed by atoms with van der Waals surface area (Å²) in [5.41, 5.74) is 5.32. The lowest BCUT2D eigenvalue weighted by atomic mass is 10.1. The molecule has 0 aliphatic heterocycles. The number of carbonyl (C=O) groups is 2. The van der Waals surface area contributed by atoms with Crippen LogP contribution in [0.4, 0.5) is 0 Å². The van der Waals surface area contributed by atoms with Gasteiger partial charge in [-0.2, -0.15) is 5.10 Å². The van der Waals surface area contributed by atoms with Crippen LogP contribution < -0.4 is 4.74 Å². The first-order valence-electron chi connectivity index (χ1n) is 9.74. The minimum atomic E-state index is -0.449. The van der Waals surface area contributed by atoms with E-state index in [0.717, 1.165) is 11.3 Å². The maximum absolute atomic E-state index is 12.8. The highest BCUT2D eigenvalue weighted by Crippen LogP contribution is 2.23. The zero-order valence-electron chi connectivity index (χ0n) is 18.0. The van der Waals surface area contributed by atoms with Gasteiger partial charge < -0.3 is 9.47 Å². The zero-order valence-corrected chi connectivity index (χ0v) is 18.0. The lowest BCUT2D eigenvalue weighted by molar-refractivity contribution is 0.0468. The summed E-state index contributed by atoms with van der Waals surface area (Å²) >= 11 is 0. The van der Waals surface area contributed by atoms with Crippen molar-refractivity contribution in [3.63, 3.8) is 0 Å². The van der Waals surface area contributed by atoms with Crippen LogP contribution >= 0.6 is 0 Å². The van der Waals surface area contributed by atoms with E-state index in [4.69, 9.17) is 9.47 Å². The Morgan fingerprint density at radius 2 is 1.73 bits per heavy atom. The molecular formula is C24H26N2O4. The summed E-state index contributed by atoms with van der Waals surface area (Å²) in [4.78, 5) is 24.5. The van der Waals surface area contributed by atoms with Crippen LogP contribution in [-0.4, -0.2) is 28.6 Å². The summed E-state index contributed by atoms with van der Waals surface area (Å²) in [5.74, 6) is 0.0565. The van der Waals surface area contributed by atoms with Gasteiger partial charge in [-0.3, -0.25) is 9.48 Å². The number of aromatic nitrogens is 2. The van der Waals surface area contributed by atoms with Gasteiger partial charge in [-0.15, -0.1) is 0 Å². The molecule has 6 nitrogen and oxygen atoms in total. The molecule has 0 saturated carbocycles. The highest BCUT2D eigenvalue weighted by Gasteiger charge is 2.21. The molecule has 0 atom stereocenters. The molecule has 3 rings (SSSR count). The van der Waals surface area contributed by atoms with Crippen LogP contribution in [0.15, 0.2) is 42.5 Å². The number of hydrogen-bond donors (Lipinski definition) is 0. The average Bonchev–Trinajstić information content (AvgIpc) is 3.00. The summed E-state index contributed by atoms with van der Waals surface area (Å²) in [7, 11) is 1.54. The molecule has 0 saturated heterocycles. The molecule has 0 N–H and O–H groups in total. The molecule has 0 bridgehead atoms. The number of nitrogens with zero attached hydrogens (tertiary/aromatic N) is 2. The first-order chi connectivity index (χ1) is 14.3. The Morgan fingerprint density at radius 1 is 1.03 bits per heavy atom. The maximum Gasteiger partial charge on any atom is 0.342 e. The molecule has 6 heteroatoms. The third-order valence-electron chi connectivity index (χ3n) is 5.08. The molecule has 0 spiro atoms. The fourth-order valence-corrected chi connectivity index (χ4v) is 3.34. The van der Waals surface area contributed by atoms with Crippen molar-refractivity contribution in [3.8, 4) is 5.75 Å². The Hall–Kier alpha value is -3.41. The number of aryl methyl sites for hydroxylation is 2. The quantitative estimate of drug-likeness (QED) is 0.429. The molecule has 1 aromatic heterocycles. The molecule has 2 aromatic carbocycles. The van der Waals surface area contributed by atoms with Crippen LogP contribution in [0.2, 0.25) is 0 Å². The monoisotopic (exact) mass is 406 g/mol. The lowest BCUT2D eigenvalue weighted by Crippen LogP contribution is -2.10. The van der Waals surface area contributed by atoms with Gasteiger partial charge in [0, 0.05) is 11.1 Å². The van der Waals surface area contributed by atoms with Crippen LogP contribution in [0, 0.1) is 20.8 Å². The second kappa shape index (κ2) is 8.95. The van der Waals surface area contributed by atoms with Crippen molar-refractivity contribution < 1.29 is 19.1 Å². The van der Waals surface area contributed by atoms with Crippen LogP contribution in [0.1, 0.15) is 55.7 Å². The van der Waals surface area contributed by atoms with Gasteiger partial charge in [0.1, 0.15) is 17.9 Å². The normalized spacial score (nSPS) is 10.7. The molecule has 1 heterocycles. The van der Waals surface area contributed by atoms with Gasteiger partial charge in [0.05, 0.1) is 25.0 Å². The van der Waals surface area contributed by atoms with E-state index >= 15 is 0 Å². The van der Waals surface area contributed by atoms with Gasteiger partial charge in [0.15, 0.2) is 5.78 Å². The molecule has 30 heavy (non-hydrogen) atoms. The third kappa shape index (κ3) is 4.59. The standard InChI is InChI=1S/C24H26N2O4/c1-15-6-8-19(9-7-15)13-26-17(3)23(16(2)25-26)24(28)30-14-21-12-20(18(4)27)10-11-22(21)29-5/h6-12H,13-14H2,1-5H3. The maximum atomic E-state index is 12.8. The van der Waals surface area contributed by atoms with Crippen molar-refractivity contribution in [2.45, 2.75) is 40.8 Å². The number of methoxy groups -OCH3 is 1. The minimum Gasteiger partial charge on any atom is -0.496 e. The fourth-order valence-electron chi connectivity index (χ4n) is 3.34. The second-order valence-corrected chi connectivity index (χ2v) is 7.35. The van der Waals surface area contributed by atoms with Crippen molar-refractivity contribution in [2.75, 3.05) is 7.11 Å². The smallest absolute Gasteiger partial charge is 0.342 e. The summed E-state index contributed by atoms with van der Waals surface area (Å²) in [5, 5.41) is 4.52. The average molecular weight is 406 g/mol. The van der Waals surface area contributed by atoms with Crippen LogP contribution in [0.3, 0.4) is 0 Å². The summed E-state index contributed by atoms with van der Waals surface area (Å²) < 4.78 is 12.7. The highest BCUT2D eigenvalue weighted by atomic mass is 16.5. The van der Waals surface area contributed by atoms with Gasteiger partial charge in [-0.25, -0.2) is 4.79 Å². The number of ether oxygens (including phenoxy) is 2. The van der Waals surface area contributed by atoms with Crippen molar-refractivity contribution in [2.24, 2.45) is 0 Å². The summed E-state index contributed by atoms with van der Waals surface area (Å²) in [6.45, 7) is 7.78. The number of rotatable bonds is 7. The highest BCUT2D eigenvalue weighted by molar-refractivity contribution is 5.94. The van der Waals surface area contributed by atoms with Crippen LogP contribution in [0.5, 0.6) is 5.75 Å². The van der Waals surface area contributed by atoms with Gasteiger partial charge in [0.25, 0.3) is 0 Å². The largest absolute Gasteiger partial charge is 0.496 e. The predicted octanol–water partition coefficient (Wildman–Crippen LogP) is 4.42. The predicted molar refractivity (Wildman–Crippen MR) is 114 cm³/mol. The second-order valence-electron chi connectivity index (χ2n) is 7.35. The van der Waals surface area contributed by atoms with E-state index in [1.54, 1.807) is 25.1 Å². The molecule has 0 aliphatic rings. The van der Waals surface area contributed by atoms with E-state index in [1.807, 2.05) is 18.5 Å². The number of esters is 1. The Bertz CT molecular complexity index is 1080. The number of carbonyl (C=O) groups excluding carboxylic acids is 2. The number of benzene rings is 2. The van der Waals surface area contributed by atoms with E-state index in [9.17, 15) is 9.59 Å². The first kappa shape index (κ1) is 21.3. The third-order valence-corrected chi connectivity index (χ3v) is 5.08. The molecule has 0 unspecified atom stereocenters. The molecule has 0 aliphatic carbocycles. The molecule has 0 radical (unpaired) electrons. The lowest BCUT2D eigenvalue weighted by Gasteiger charge is -2.11. The van der Waals surface area contributed by atoms with E-state index in [1.165, 1.54) is 19.6 Å². The van der Waals surface area contributed by atoms with E-state index in [0.29, 0.717) is 34.7 Å². The summed E-state index contributed by atoms with van der Waals surface area (Å²) in [6.07, 6.45) is 0. The van der Waals surface area contributed by atoms with E-state index < -0.39 is 5.97 Å². The Balaban J connectivity index is 1.78. The molecule has 3 aromatic rings. The van der Waals surface area contributed by atoms with E-state index in [-0.39, 0.29) is 12.4 Å². The van der Waals surface area contributed by atoms with E-state index in [2.05, 4.69) is 29.4 Å². The fraction of sp³-hybridized carbons (Fsp3) is 0.292. The number of hydrogen-bond acceptors (Lipinski definition) is 5.